The summed E-state index contributed by atoms with van der Waals surface area (Å²) >= 11 is 0. The molecular weight excluding hydrogens is 224 g/mol. The van der Waals surface area contributed by atoms with Gasteiger partial charge in [0.05, 0.1) is 12.1 Å². The van der Waals surface area contributed by atoms with E-state index in [2.05, 4.69) is 22.4 Å². The first kappa shape index (κ1) is 16.6. The molecule has 0 fully saturated rings. The van der Waals surface area contributed by atoms with E-state index in [-0.39, 0.29) is 0 Å². The molecule has 2 atom stereocenters. The summed E-state index contributed by atoms with van der Waals surface area (Å²) in [6.45, 7) is 11.7. The smallest absolute Gasteiger partial charge is 0.165 e. The van der Waals surface area contributed by atoms with Crippen molar-refractivity contribution in [2.24, 2.45) is 22.1 Å². The van der Waals surface area contributed by atoms with Crippen LogP contribution in [0.1, 0.15) is 54.4 Å². The molecule has 0 radical (unpaired) electrons. The van der Waals surface area contributed by atoms with Crippen LogP contribution in [0, 0.1) is 34.5 Å². The first-order valence-corrected chi connectivity index (χ1v) is 6.43. The third-order valence-electron chi connectivity index (χ3n) is 2.58. The van der Waals surface area contributed by atoms with Gasteiger partial charge in [0.25, 0.3) is 0 Å². The fraction of sp³-hybridized carbons (Fsp3) is 0.857. The van der Waals surface area contributed by atoms with Crippen molar-refractivity contribution in [1.82, 2.24) is 0 Å². The molecular formula is C14H24N4. The van der Waals surface area contributed by atoms with E-state index in [9.17, 15) is 10.5 Å². The third-order valence-corrected chi connectivity index (χ3v) is 2.58. The molecule has 0 rings (SSSR count). The largest absolute Gasteiger partial charge is 0.196 e. The molecule has 0 aromatic carbocycles. The Labute approximate surface area is 111 Å². The molecule has 0 amide bonds. The van der Waals surface area contributed by atoms with Crippen LogP contribution in [0.5, 0.6) is 0 Å². The van der Waals surface area contributed by atoms with Crippen LogP contribution in [0.3, 0.4) is 0 Å². The molecule has 0 saturated carbocycles. The van der Waals surface area contributed by atoms with Crippen molar-refractivity contribution in [3.05, 3.63) is 0 Å². The van der Waals surface area contributed by atoms with Crippen molar-refractivity contribution < 1.29 is 0 Å². The Bertz CT molecular complexity index is 336. The second-order valence-corrected chi connectivity index (χ2v) is 6.17. The normalized spacial score (nSPS) is 18.3. The van der Waals surface area contributed by atoms with Gasteiger partial charge in [-0.1, -0.05) is 27.7 Å². The number of nitrogens with zero attached hydrogens (tertiary/aromatic N) is 4. The highest BCUT2D eigenvalue weighted by molar-refractivity contribution is 5.07. The van der Waals surface area contributed by atoms with E-state index in [1.165, 1.54) is 0 Å². The van der Waals surface area contributed by atoms with Gasteiger partial charge in [0, 0.05) is 0 Å². The fourth-order valence-electron chi connectivity index (χ4n) is 2.03. The zero-order valence-electron chi connectivity index (χ0n) is 12.4. The molecule has 0 aliphatic heterocycles. The van der Waals surface area contributed by atoms with E-state index in [0.29, 0.717) is 24.7 Å². The van der Waals surface area contributed by atoms with Crippen LogP contribution in [-0.4, -0.2) is 11.1 Å². The minimum absolute atomic E-state index is 0.368. The molecule has 0 aromatic rings. The number of nitriles is 2. The van der Waals surface area contributed by atoms with Crippen molar-refractivity contribution in [3.8, 4) is 12.1 Å². The van der Waals surface area contributed by atoms with Crippen LogP contribution < -0.4 is 0 Å². The second kappa shape index (κ2) is 6.50. The van der Waals surface area contributed by atoms with Crippen molar-refractivity contribution >= 4 is 0 Å². The van der Waals surface area contributed by atoms with Crippen molar-refractivity contribution in [1.29, 1.82) is 10.5 Å². The summed E-state index contributed by atoms with van der Waals surface area (Å²) in [5.41, 5.74) is -1.66. The van der Waals surface area contributed by atoms with Crippen LogP contribution in [0.25, 0.3) is 0 Å². The number of azo groups is 1. The van der Waals surface area contributed by atoms with Gasteiger partial charge in [-0.25, -0.2) is 0 Å². The zero-order valence-corrected chi connectivity index (χ0v) is 12.4. The summed E-state index contributed by atoms with van der Waals surface area (Å²) in [5, 5.41) is 26.7. The summed E-state index contributed by atoms with van der Waals surface area (Å²) in [6.07, 6.45) is 1.30. The van der Waals surface area contributed by atoms with E-state index < -0.39 is 11.1 Å². The van der Waals surface area contributed by atoms with E-state index in [0.717, 1.165) is 0 Å². The molecule has 0 bridgehead atoms. The van der Waals surface area contributed by atoms with Crippen molar-refractivity contribution in [3.63, 3.8) is 0 Å². The van der Waals surface area contributed by atoms with Gasteiger partial charge in [0.1, 0.15) is 0 Å². The maximum Gasteiger partial charge on any atom is 0.165 e. The molecule has 0 saturated heterocycles. The number of rotatable bonds is 6. The highest BCUT2D eigenvalue weighted by Gasteiger charge is 2.29. The van der Waals surface area contributed by atoms with E-state index >= 15 is 0 Å². The van der Waals surface area contributed by atoms with Crippen molar-refractivity contribution in [2.45, 2.75) is 65.5 Å². The summed E-state index contributed by atoms with van der Waals surface area (Å²) in [7, 11) is 0. The molecule has 4 nitrogen and oxygen atoms in total. The van der Waals surface area contributed by atoms with E-state index in [4.69, 9.17) is 0 Å². The highest BCUT2D eigenvalue weighted by Crippen LogP contribution is 2.25. The quantitative estimate of drug-likeness (QED) is 0.664. The van der Waals surface area contributed by atoms with Crippen molar-refractivity contribution in [2.75, 3.05) is 0 Å². The Morgan fingerprint density at radius 1 is 0.833 bits per heavy atom. The Morgan fingerprint density at radius 3 is 1.28 bits per heavy atom. The van der Waals surface area contributed by atoms with Crippen LogP contribution in [0.15, 0.2) is 10.2 Å². The Kier molecular flexibility index (Phi) is 5.98. The van der Waals surface area contributed by atoms with Crippen LogP contribution in [0.4, 0.5) is 0 Å². The van der Waals surface area contributed by atoms with Gasteiger partial charge in [-0.05, 0) is 38.5 Å². The van der Waals surface area contributed by atoms with Crippen LogP contribution in [0.2, 0.25) is 0 Å². The van der Waals surface area contributed by atoms with Gasteiger partial charge >= 0.3 is 0 Å². The van der Waals surface area contributed by atoms with Gasteiger partial charge < -0.3 is 0 Å². The summed E-state index contributed by atoms with van der Waals surface area (Å²) in [6, 6.07) is 4.38. The Morgan fingerprint density at radius 2 is 1.11 bits per heavy atom. The minimum Gasteiger partial charge on any atom is -0.196 e. The number of hydrogen-bond acceptors (Lipinski definition) is 4. The first-order chi connectivity index (χ1) is 8.16. The topological polar surface area (TPSA) is 72.3 Å². The lowest BCUT2D eigenvalue weighted by atomic mass is 9.92. The zero-order chi connectivity index (χ0) is 14.4. The third kappa shape index (κ3) is 5.77. The van der Waals surface area contributed by atoms with Crippen LogP contribution >= 0.6 is 0 Å². The lowest BCUT2D eigenvalue weighted by molar-refractivity contribution is 0.384. The van der Waals surface area contributed by atoms with Gasteiger partial charge in [0.2, 0.25) is 0 Å². The molecule has 0 aromatic heterocycles. The van der Waals surface area contributed by atoms with Gasteiger partial charge in [-0.3, -0.25) is 0 Å². The summed E-state index contributed by atoms with van der Waals surface area (Å²) < 4.78 is 0. The molecule has 0 spiro atoms. The minimum atomic E-state index is -0.830. The lowest BCUT2D eigenvalue weighted by Gasteiger charge is -2.22. The van der Waals surface area contributed by atoms with Crippen LogP contribution in [-0.2, 0) is 0 Å². The fourth-order valence-corrected chi connectivity index (χ4v) is 2.03. The summed E-state index contributed by atoms with van der Waals surface area (Å²) in [4.78, 5) is 0. The maximum atomic E-state index is 9.20. The SMILES string of the molecule is CC(C)CC(C)(C#N)N=N[C@@](C)(C#N)CC(C)C. The molecule has 100 valence electrons. The van der Waals surface area contributed by atoms with Gasteiger partial charge in [0.15, 0.2) is 11.1 Å². The van der Waals surface area contributed by atoms with E-state index in [1.807, 2.05) is 27.7 Å². The standard InChI is InChI=1S/C14H24N4/c1-11(2)7-13(5,9-15)17-18-14(6,10-16)8-12(3)4/h11-12H,7-8H2,1-6H3/t13-,14?/m1/s1. The predicted molar refractivity (Wildman–Crippen MR) is 71.8 cm³/mol. The number of hydrogen-bond donors (Lipinski definition) is 0. The monoisotopic (exact) mass is 248 g/mol. The molecule has 1 unspecified atom stereocenters. The Hall–Kier alpha value is -1.42. The highest BCUT2D eigenvalue weighted by atomic mass is 15.2. The Balaban J connectivity index is 4.98. The maximum absolute atomic E-state index is 9.20. The van der Waals surface area contributed by atoms with Gasteiger partial charge in [-0.15, -0.1) is 0 Å². The average molecular weight is 248 g/mol. The predicted octanol–water partition coefficient (Wildman–Crippen LogP) is 4.10. The molecule has 18 heavy (non-hydrogen) atoms. The molecule has 0 aliphatic rings. The average Bonchev–Trinajstić information content (AvgIpc) is 2.25. The molecule has 0 N–H and O–H groups in total. The summed E-state index contributed by atoms with van der Waals surface area (Å²) in [5.74, 6) is 0.735. The lowest BCUT2D eigenvalue weighted by Crippen LogP contribution is -2.26. The van der Waals surface area contributed by atoms with Gasteiger partial charge in [-0.2, -0.15) is 20.8 Å². The molecule has 0 heterocycles. The molecule has 4 heteroatoms. The van der Waals surface area contributed by atoms with E-state index in [1.54, 1.807) is 13.8 Å². The molecule has 0 aliphatic carbocycles. The first-order valence-electron chi connectivity index (χ1n) is 6.43. The second-order valence-electron chi connectivity index (χ2n) is 6.17.